The number of aromatic nitrogens is 1. The van der Waals surface area contributed by atoms with Gasteiger partial charge < -0.3 is 9.80 Å². The van der Waals surface area contributed by atoms with Gasteiger partial charge in [-0.1, -0.05) is 41.2 Å². The number of hydrogen-bond donors (Lipinski definition) is 0. The van der Waals surface area contributed by atoms with Crippen LogP contribution in [-0.4, -0.2) is 42.0 Å². The first-order valence-electron chi connectivity index (χ1n) is 9.42. The van der Waals surface area contributed by atoms with Gasteiger partial charge in [-0.25, -0.2) is 4.98 Å². The number of carbonyl (C=O) groups excluding carboxylic acids is 1. The highest BCUT2D eigenvalue weighted by atomic mass is 32.1. The predicted molar refractivity (Wildman–Crippen MR) is 113 cm³/mol. The second kappa shape index (κ2) is 6.97. The Bertz CT molecular complexity index is 977. The summed E-state index contributed by atoms with van der Waals surface area (Å²) in [6.45, 7) is 11.5. The molecule has 1 saturated heterocycles. The van der Waals surface area contributed by atoms with Gasteiger partial charge in [0, 0.05) is 31.7 Å². The summed E-state index contributed by atoms with van der Waals surface area (Å²) >= 11 is 1.77. The molecule has 0 aliphatic carbocycles. The van der Waals surface area contributed by atoms with E-state index >= 15 is 0 Å². The SMILES string of the molecule is Cc1ccc(C(=O)N2CCN(c3nc4c(C)ccc(C)c4s3)CC2)c(C)c1. The minimum Gasteiger partial charge on any atom is -0.345 e. The number of aryl methyl sites for hydroxylation is 4. The third-order valence-electron chi connectivity index (χ3n) is 5.38. The first-order chi connectivity index (χ1) is 12.9. The van der Waals surface area contributed by atoms with Crippen LogP contribution in [0.2, 0.25) is 0 Å². The van der Waals surface area contributed by atoms with E-state index in [9.17, 15) is 4.79 Å². The van der Waals surface area contributed by atoms with Crippen LogP contribution in [0.25, 0.3) is 10.2 Å². The van der Waals surface area contributed by atoms with Crippen LogP contribution in [0.5, 0.6) is 0 Å². The van der Waals surface area contributed by atoms with Gasteiger partial charge in [-0.3, -0.25) is 4.79 Å². The van der Waals surface area contributed by atoms with Crippen molar-refractivity contribution in [2.24, 2.45) is 0 Å². The lowest BCUT2D eigenvalue weighted by atomic mass is 10.0. The molecule has 0 spiro atoms. The van der Waals surface area contributed by atoms with Gasteiger partial charge in [0.2, 0.25) is 0 Å². The van der Waals surface area contributed by atoms with E-state index in [4.69, 9.17) is 4.98 Å². The van der Waals surface area contributed by atoms with Crippen LogP contribution in [0.3, 0.4) is 0 Å². The number of rotatable bonds is 2. The van der Waals surface area contributed by atoms with Crippen LogP contribution in [-0.2, 0) is 0 Å². The Kier molecular flexibility index (Phi) is 4.64. The third-order valence-corrected chi connectivity index (χ3v) is 6.63. The summed E-state index contributed by atoms with van der Waals surface area (Å²) in [6, 6.07) is 10.4. The fourth-order valence-electron chi connectivity index (χ4n) is 3.71. The molecule has 1 fully saturated rings. The third kappa shape index (κ3) is 3.32. The summed E-state index contributed by atoms with van der Waals surface area (Å²) in [4.78, 5) is 22.1. The highest BCUT2D eigenvalue weighted by Crippen LogP contribution is 2.33. The molecule has 140 valence electrons. The molecule has 0 atom stereocenters. The molecule has 4 nitrogen and oxygen atoms in total. The molecule has 4 rings (SSSR count). The van der Waals surface area contributed by atoms with E-state index < -0.39 is 0 Å². The molecule has 1 aliphatic heterocycles. The van der Waals surface area contributed by atoms with Crippen LogP contribution >= 0.6 is 11.3 Å². The molecule has 0 unspecified atom stereocenters. The molecule has 0 radical (unpaired) electrons. The van der Waals surface area contributed by atoms with Crippen molar-refractivity contribution >= 4 is 32.6 Å². The minimum atomic E-state index is 0.142. The predicted octanol–water partition coefficient (Wildman–Crippen LogP) is 4.49. The highest BCUT2D eigenvalue weighted by molar-refractivity contribution is 7.22. The van der Waals surface area contributed by atoms with Crippen LogP contribution in [0.15, 0.2) is 30.3 Å². The fourth-order valence-corrected chi connectivity index (χ4v) is 4.87. The lowest BCUT2D eigenvalue weighted by Crippen LogP contribution is -2.48. The van der Waals surface area contributed by atoms with Gasteiger partial charge in [-0.05, 0) is 50.5 Å². The fraction of sp³-hybridized carbons (Fsp3) is 0.364. The molecule has 5 heteroatoms. The monoisotopic (exact) mass is 379 g/mol. The lowest BCUT2D eigenvalue weighted by Gasteiger charge is -2.34. The first kappa shape index (κ1) is 18.0. The molecule has 0 bridgehead atoms. The molecule has 1 aromatic heterocycles. The zero-order valence-electron chi connectivity index (χ0n) is 16.4. The molecular weight excluding hydrogens is 354 g/mol. The van der Waals surface area contributed by atoms with E-state index in [1.54, 1.807) is 11.3 Å². The number of amides is 1. The summed E-state index contributed by atoms with van der Waals surface area (Å²) in [5.74, 6) is 0.142. The smallest absolute Gasteiger partial charge is 0.254 e. The first-order valence-corrected chi connectivity index (χ1v) is 10.2. The van der Waals surface area contributed by atoms with Gasteiger partial charge in [0.05, 0.1) is 10.2 Å². The van der Waals surface area contributed by atoms with Gasteiger partial charge in [-0.2, -0.15) is 0 Å². The number of hydrogen-bond acceptors (Lipinski definition) is 4. The Morgan fingerprint density at radius 1 is 0.926 bits per heavy atom. The molecular formula is C22H25N3OS. The molecule has 1 aliphatic rings. The number of anilines is 1. The van der Waals surface area contributed by atoms with Crippen molar-refractivity contribution < 1.29 is 4.79 Å². The molecule has 3 aromatic rings. The molecule has 27 heavy (non-hydrogen) atoms. The topological polar surface area (TPSA) is 36.4 Å². The van der Waals surface area contributed by atoms with Crippen molar-refractivity contribution in [3.8, 4) is 0 Å². The number of benzene rings is 2. The quantitative estimate of drug-likeness (QED) is 0.658. The number of thiazole rings is 1. The normalized spacial score (nSPS) is 14.8. The van der Waals surface area contributed by atoms with Crippen molar-refractivity contribution in [3.63, 3.8) is 0 Å². The minimum absolute atomic E-state index is 0.142. The second-order valence-corrected chi connectivity index (χ2v) is 8.45. The van der Waals surface area contributed by atoms with Crippen LogP contribution in [0, 0.1) is 27.7 Å². The summed E-state index contributed by atoms with van der Waals surface area (Å²) in [7, 11) is 0. The van der Waals surface area contributed by atoms with Gasteiger partial charge >= 0.3 is 0 Å². The summed E-state index contributed by atoms with van der Waals surface area (Å²) in [5, 5.41) is 1.07. The molecule has 0 N–H and O–H groups in total. The Hall–Kier alpha value is -2.40. The Morgan fingerprint density at radius 3 is 2.30 bits per heavy atom. The molecule has 1 amide bonds. The van der Waals surface area contributed by atoms with E-state index in [-0.39, 0.29) is 5.91 Å². The number of fused-ring (bicyclic) bond motifs is 1. The van der Waals surface area contributed by atoms with Crippen molar-refractivity contribution in [3.05, 3.63) is 58.1 Å². The average Bonchev–Trinajstić information content (AvgIpc) is 3.11. The maximum absolute atomic E-state index is 12.9. The second-order valence-electron chi connectivity index (χ2n) is 7.47. The van der Waals surface area contributed by atoms with Crippen LogP contribution < -0.4 is 4.90 Å². The van der Waals surface area contributed by atoms with Gasteiger partial charge in [0.25, 0.3) is 5.91 Å². The maximum atomic E-state index is 12.9. The average molecular weight is 380 g/mol. The van der Waals surface area contributed by atoms with Gasteiger partial charge in [0.1, 0.15) is 0 Å². The van der Waals surface area contributed by atoms with Crippen LogP contribution in [0.1, 0.15) is 32.6 Å². The molecule has 0 saturated carbocycles. The Morgan fingerprint density at radius 2 is 1.63 bits per heavy atom. The lowest BCUT2D eigenvalue weighted by molar-refractivity contribution is 0.0746. The van der Waals surface area contributed by atoms with Crippen molar-refractivity contribution in [1.82, 2.24) is 9.88 Å². The maximum Gasteiger partial charge on any atom is 0.254 e. The van der Waals surface area contributed by atoms with E-state index in [0.29, 0.717) is 0 Å². The number of piperazine rings is 1. The zero-order chi connectivity index (χ0) is 19.1. The summed E-state index contributed by atoms with van der Waals surface area (Å²) < 4.78 is 1.28. The number of carbonyl (C=O) groups is 1. The zero-order valence-corrected chi connectivity index (χ0v) is 17.2. The number of nitrogens with zero attached hydrogens (tertiary/aromatic N) is 3. The molecule has 2 aromatic carbocycles. The van der Waals surface area contributed by atoms with Gasteiger partial charge in [-0.15, -0.1) is 0 Å². The molecule has 2 heterocycles. The summed E-state index contributed by atoms with van der Waals surface area (Å²) in [5.41, 5.74) is 6.68. The van der Waals surface area contributed by atoms with Crippen LogP contribution in [0.4, 0.5) is 5.13 Å². The highest BCUT2D eigenvalue weighted by Gasteiger charge is 2.25. The van der Waals surface area contributed by atoms with Crippen molar-refractivity contribution in [2.45, 2.75) is 27.7 Å². The van der Waals surface area contributed by atoms with Gasteiger partial charge in [0.15, 0.2) is 5.13 Å². The van der Waals surface area contributed by atoms with E-state index in [1.165, 1.54) is 21.4 Å². The van der Waals surface area contributed by atoms with Crippen molar-refractivity contribution in [2.75, 3.05) is 31.1 Å². The van der Waals surface area contributed by atoms with E-state index in [1.807, 2.05) is 24.0 Å². The summed E-state index contributed by atoms with van der Waals surface area (Å²) in [6.07, 6.45) is 0. The standard InChI is InChI=1S/C22H25N3OS/c1-14-5-8-18(17(4)13-14)21(26)24-9-11-25(12-10-24)22-23-19-15(2)6-7-16(3)20(19)27-22/h5-8,13H,9-12H2,1-4H3. The Labute approximate surface area is 164 Å². The largest absolute Gasteiger partial charge is 0.345 e. The van der Waals surface area contributed by atoms with Crippen molar-refractivity contribution in [1.29, 1.82) is 0 Å². The Balaban J connectivity index is 1.50. The van der Waals surface area contributed by atoms with E-state index in [2.05, 4.69) is 43.9 Å². The van der Waals surface area contributed by atoms with E-state index in [0.717, 1.165) is 48.0 Å².